The Balaban J connectivity index is 1.58. The molecule has 2 amide bonds. The molecule has 0 bridgehead atoms. The second kappa shape index (κ2) is 7.64. The topological polar surface area (TPSA) is 60.9 Å². The zero-order valence-electron chi connectivity index (χ0n) is 16.3. The van der Waals surface area contributed by atoms with Crippen molar-refractivity contribution in [3.63, 3.8) is 0 Å². The Bertz CT molecular complexity index is 801. The summed E-state index contributed by atoms with van der Waals surface area (Å²) in [5, 5.41) is 0. The Labute approximate surface area is 162 Å². The molecule has 27 heavy (non-hydrogen) atoms. The van der Waals surface area contributed by atoms with E-state index in [0.29, 0.717) is 25.6 Å². The van der Waals surface area contributed by atoms with Crippen molar-refractivity contribution in [3.05, 3.63) is 48.2 Å². The highest BCUT2D eigenvalue weighted by molar-refractivity contribution is 7.88. The van der Waals surface area contributed by atoms with Crippen molar-refractivity contribution >= 4 is 16.1 Å². The van der Waals surface area contributed by atoms with Gasteiger partial charge in [-0.05, 0) is 37.7 Å². The summed E-state index contributed by atoms with van der Waals surface area (Å²) in [6.07, 6.45) is 7.83. The molecule has 2 aliphatic heterocycles. The van der Waals surface area contributed by atoms with E-state index in [2.05, 4.69) is 25.1 Å². The van der Waals surface area contributed by atoms with Crippen molar-refractivity contribution in [1.82, 2.24) is 14.1 Å². The summed E-state index contributed by atoms with van der Waals surface area (Å²) < 4.78 is 24.7. The third-order valence-electron chi connectivity index (χ3n) is 5.94. The molecule has 0 aromatic heterocycles. The van der Waals surface area contributed by atoms with Gasteiger partial charge in [0.15, 0.2) is 0 Å². The first-order valence-corrected chi connectivity index (χ1v) is 11.3. The number of rotatable bonds is 5. The number of carbonyl (C=O) groups is 1. The number of hydrogen-bond acceptors (Lipinski definition) is 3. The molecule has 1 aromatic carbocycles. The number of nitrogens with zero attached hydrogens (tertiary/aromatic N) is 3. The van der Waals surface area contributed by atoms with Gasteiger partial charge in [0.25, 0.3) is 0 Å². The van der Waals surface area contributed by atoms with Crippen LogP contribution in [0.1, 0.15) is 31.7 Å². The molecule has 7 heteroatoms. The molecule has 1 unspecified atom stereocenters. The van der Waals surface area contributed by atoms with E-state index in [1.54, 1.807) is 14.1 Å². The molecule has 148 valence electrons. The Hall–Kier alpha value is -1.86. The zero-order valence-corrected chi connectivity index (χ0v) is 17.2. The number of likely N-dealkylation sites (N-methyl/N-ethyl adjacent to an activating group) is 1. The number of urea groups is 1. The van der Waals surface area contributed by atoms with Gasteiger partial charge in [-0.25, -0.2) is 17.5 Å². The van der Waals surface area contributed by atoms with Crippen molar-refractivity contribution in [3.8, 4) is 0 Å². The highest BCUT2D eigenvalue weighted by atomic mass is 32.2. The SMILES string of the molecule is CN1C(=O)N(/C=C/CC2CCN(S(C)(=O)=O)CC2)CC1(C)c1ccccc1. The normalized spacial score (nSPS) is 25.7. The first kappa shape index (κ1) is 19.9. The summed E-state index contributed by atoms with van der Waals surface area (Å²) >= 11 is 0. The van der Waals surface area contributed by atoms with E-state index < -0.39 is 10.0 Å². The number of carbonyl (C=O) groups excluding carboxylic acids is 1. The summed E-state index contributed by atoms with van der Waals surface area (Å²) in [5.74, 6) is 0.468. The van der Waals surface area contributed by atoms with Crippen molar-refractivity contribution in [2.75, 3.05) is 32.9 Å². The minimum absolute atomic E-state index is 0.00417. The van der Waals surface area contributed by atoms with Crippen LogP contribution in [0.4, 0.5) is 4.79 Å². The lowest BCUT2D eigenvalue weighted by molar-refractivity contribution is 0.185. The Morgan fingerprint density at radius 3 is 2.41 bits per heavy atom. The Morgan fingerprint density at radius 2 is 1.81 bits per heavy atom. The first-order valence-electron chi connectivity index (χ1n) is 9.43. The molecule has 2 heterocycles. The summed E-state index contributed by atoms with van der Waals surface area (Å²) in [6.45, 7) is 3.90. The number of sulfonamides is 1. The molecule has 2 fully saturated rings. The van der Waals surface area contributed by atoms with Gasteiger partial charge in [-0.1, -0.05) is 36.4 Å². The van der Waals surface area contributed by atoms with Crippen LogP contribution in [0.15, 0.2) is 42.6 Å². The first-order chi connectivity index (χ1) is 12.7. The quantitative estimate of drug-likeness (QED) is 0.775. The van der Waals surface area contributed by atoms with E-state index in [1.165, 1.54) is 6.26 Å². The average Bonchev–Trinajstić information content (AvgIpc) is 2.87. The second-order valence-electron chi connectivity index (χ2n) is 7.84. The van der Waals surface area contributed by atoms with Gasteiger partial charge < -0.3 is 4.90 Å². The van der Waals surface area contributed by atoms with E-state index in [4.69, 9.17) is 0 Å². The Morgan fingerprint density at radius 1 is 1.19 bits per heavy atom. The highest BCUT2D eigenvalue weighted by Crippen LogP contribution is 2.34. The van der Waals surface area contributed by atoms with Gasteiger partial charge in [-0.15, -0.1) is 0 Å². The fourth-order valence-corrected chi connectivity index (χ4v) is 4.84. The molecule has 1 aromatic rings. The highest BCUT2D eigenvalue weighted by Gasteiger charge is 2.44. The standard InChI is InChI=1S/C20H29N3O3S/c1-20(18-9-5-4-6-10-18)16-22(19(24)21(20)2)13-7-8-17-11-14-23(15-12-17)27(3,25)26/h4-7,9-10,13,17H,8,11-12,14-16H2,1-3H3/b13-7+. The van der Waals surface area contributed by atoms with Crippen molar-refractivity contribution in [1.29, 1.82) is 0 Å². The van der Waals surface area contributed by atoms with Gasteiger partial charge >= 0.3 is 6.03 Å². The molecule has 0 spiro atoms. The summed E-state index contributed by atoms with van der Waals surface area (Å²) in [6, 6.07) is 10.1. The third kappa shape index (κ3) is 4.19. The number of hydrogen-bond donors (Lipinski definition) is 0. The molecule has 0 saturated carbocycles. The van der Waals surface area contributed by atoms with Crippen LogP contribution in [0.3, 0.4) is 0 Å². The van der Waals surface area contributed by atoms with E-state index in [1.807, 2.05) is 31.4 Å². The fraction of sp³-hybridized carbons (Fsp3) is 0.550. The summed E-state index contributed by atoms with van der Waals surface area (Å²) in [7, 11) is -1.23. The van der Waals surface area contributed by atoms with Gasteiger partial charge in [0.1, 0.15) is 0 Å². The van der Waals surface area contributed by atoms with Crippen molar-refractivity contribution < 1.29 is 13.2 Å². The lowest BCUT2D eigenvalue weighted by Crippen LogP contribution is -2.39. The molecular weight excluding hydrogens is 362 g/mol. The molecule has 3 rings (SSSR count). The van der Waals surface area contributed by atoms with Gasteiger partial charge in [0.05, 0.1) is 18.3 Å². The van der Waals surface area contributed by atoms with Crippen LogP contribution >= 0.6 is 0 Å². The van der Waals surface area contributed by atoms with Gasteiger partial charge in [0, 0.05) is 26.3 Å². The maximum absolute atomic E-state index is 12.7. The lowest BCUT2D eigenvalue weighted by Gasteiger charge is -2.30. The van der Waals surface area contributed by atoms with Gasteiger partial charge in [-0.3, -0.25) is 4.90 Å². The maximum atomic E-state index is 12.7. The van der Waals surface area contributed by atoms with E-state index in [0.717, 1.165) is 24.8 Å². The van der Waals surface area contributed by atoms with Crippen molar-refractivity contribution in [2.45, 2.75) is 31.7 Å². The minimum Gasteiger partial charge on any atom is -0.316 e. The van der Waals surface area contributed by atoms with E-state index in [-0.39, 0.29) is 11.6 Å². The zero-order chi connectivity index (χ0) is 19.7. The monoisotopic (exact) mass is 391 g/mol. The smallest absolute Gasteiger partial charge is 0.316 e. The molecule has 0 aliphatic carbocycles. The number of allylic oxidation sites excluding steroid dienone is 1. The largest absolute Gasteiger partial charge is 0.324 e. The summed E-state index contributed by atoms with van der Waals surface area (Å²) in [5.41, 5.74) is 0.786. The number of piperidine rings is 1. The number of amides is 2. The van der Waals surface area contributed by atoms with Gasteiger partial charge in [-0.2, -0.15) is 0 Å². The number of benzene rings is 1. The average molecular weight is 392 g/mol. The lowest BCUT2D eigenvalue weighted by atomic mass is 9.92. The Kier molecular flexibility index (Phi) is 5.63. The predicted molar refractivity (Wildman–Crippen MR) is 107 cm³/mol. The predicted octanol–water partition coefficient (Wildman–Crippen LogP) is 2.84. The van der Waals surface area contributed by atoms with Crippen molar-refractivity contribution in [2.24, 2.45) is 5.92 Å². The molecule has 0 radical (unpaired) electrons. The minimum atomic E-state index is -3.08. The second-order valence-corrected chi connectivity index (χ2v) is 9.82. The fourth-order valence-electron chi connectivity index (χ4n) is 3.96. The van der Waals surface area contributed by atoms with Crippen LogP contribution in [-0.4, -0.2) is 61.5 Å². The van der Waals surface area contributed by atoms with Crippen LogP contribution in [-0.2, 0) is 15.6 Å². The van der Waals surface area contributed by atoms with Crippen LogP contribution in [0, 0.1) is 5.92 Å². The molecular formula is C20H29N3O3S. The molecule has 6 nitrogen and oxygen atoms in total. The van der Waals surface area contributed by atoms with Crippen LogP contribution in [0.25, 0.3) is 0 Å². The maximum Gasteiger partial charge on any atom is 0.324 e. The molecule has 1 atom stereocenters. The third-order valence-corrected chi connectivity index (χ3v) is 7.25. The van der Waals surface area contributed by atoms with Crippen LogP contribution in [0.2, 0.25) is 0 Å². The van der Waals surface area contributed by atoms with E-state index >= 15 is 0 Å². The van der Waals surface area contributed by atoms with Gasteiger partial charge in [0.2, 0.25) is 10.0 Å². The molecule has 2 aliphatic rings. The van der Waals surface area contributed by atoms with Crippen LogP contribution < -0.4 is 0 Å². The van der Waals surface area contributed by atoms with E-state index in [9.17, 15) is 13.2 Å². The summed E-state index contributed by atoms with van der Waals surface area (Å²) in [4.78, 5) is 16.2. The molecule has 0 N–H and O–H groups in total. The molecule has 2 saturated heterocycles. The van der Waals surface area contributed by atoms with Crippen LogP contribution in [0.5, 0.6) is 0 Å².